The number of amides is 1. The number of rotatable bonds is 3. The van der Waals surface area contributed by atoms with Crippen molar-refractivity contribution in [3.05, 3.63) is 39.9 Å². The van der Waals surface area contributed by atoms with E-state index >= 15 is 0 Å². The van der Waals surface area contributed by atoms with Crippen LogP contribution in [0.5, 0.6) is 0 Å². The molecular weight excluding hydrogens is 234 g/mol. The molecule has 0 spiro atoms. The van der Waals surface area contributed by atoms with E-state index in [1.54, 1.807) is 6.07 Å². The van der Waals surface area contributed by atoms with Crippen molar-refractivity contribution < 1.29 is 9.72 Å². The summed E-state index contributed by atoms with van der Waals surface area (Å²) in [5.74, 6) is -0.257. The molecule has 2 N–H and O–H groups in total. The minimum atomic E-state index is -0.501. The quantitative estimate of drug-likeness (QED) is 0.620. The number of nitro groups is 1. The zero-order chi connectivity index (χ0) is 13.0. The lowest BCUT2D eigenvalue weighted by atomic mass is 10.1. The number of hydrogen-bond donors (Lipinski definition) is 2. The maximum absolute atomic E-state index is 11.9. The van der Waals surface area contributed by atoms with Crippen LogP contribution in [0.15, 0.2) is 24.3 Å². The Bertz CT molecular complexity index is 456. The Balaban J connectivity index is 2.03. The fraction of sp³-hybridized carbons (Fsp3) is 0.417. The Morgan fingerprint density at radius 2 is 2.33 bits per heavy atom. The summed E-state index contributed by atoms with van der Waals surface area (Å²) < 4.78 is 0. The lowest BCUT2D eigenvalue weighted by molar-refractivity contribution is -0.384. The van der Waals surface area contributed by atoms with Crippen LogP contribution in [-0.4, -0.2) is 30.0 Å². The van der Waals surface area contributed by atoms with E-state index in [-0.39, 0.29) is 17.6 Å². The fourth-order valence-electron chi connectivity index (χ4n) is 2.00. The van der Waals surface area contributed by atoms with Gasteiger partial charge in [-0.3, -0.25) is 14.9 Å². The first-order chi connectivity index (χ1) is 8.66. The summed E-state index contributed by atoms with van der Waals surface area (Å²) in [6.07, 6.45) is 1.97. The molecule has 1 heterocycles. The second-order valence-electron chi connectivity index (χ2n) is 4.32. The molecule has 1 aliphatic heterocycles. The molecule has 1 fully saturated rings. The molecule has 0 bridgehead atoms. The number of non-ortho nitro benzene ring substituents is 1. The Morgan fingerprint density at radius 3 is 3.00 bits per heavy atom. The van der Waals surface area contributed by atoms with Gasteiger partial charge in [-0.25, -0.2) is 0 Å². The predicted molar refractivity (Wildman–Crippen MR) is 66.5 cm³/mol. The Morgan fingerprint density at radius 1 is 1.50 bits per heavy atom. The molecular formula is C12H15N3O3. The molecule has 6 heteroatoms. The first-order valence-electron chi connectivity index (χ1n) is 5.93. The van der Waals surface area contributed by atoms with E-state index in [1.165, 1.54) is 18.2 Å². The number of nitro benzene ring substituents is 1. The van der Waals surface area contributed by atoms with Gasteiger partial charge in [-0.2, -0.15) is 0 Å². The SMILES string of the molecule is O=C(N[C@H]1CCCNC1)c1cccc([N+](=O)[O-])c1. The number of nitrogens with one attached hydrogen (secondary N) is 2. The molecule has 1 saturated heterocycles. The molecule has 1 aliphatic rings. The van der Waals surface area contributed by atoms with E-state index in [0.717, 1.165) is 25.9 Å². The zero-order valence-electron chi connectivity index (χ0n) is 9.89. The third-order valence-corrected chi connectivity index (χ3v) is 2.95. The van der Waals surface area contributed by atoms with Gasteiger partial charge in [0.05, 0.1) is 4.92 Å². The van der Waals surface area contributed by atoms with Crippen LogP contribution in [0.3, 0.4) is 0 Å². The van der Waals surface area contributed by atoms with E-state index in [4.69, 9.17) is 0 Å². The summed E-state index contributed by atoms with van der Waals surface area (Å²) in [6, 6.07) is 5.88. The second kappa shape index (κ2) is 5.59. The normalized spacial score (nSPS) is 19.2. The second-order valence-corrected chi connectivity index (χ2v) is 4.32. The fourth-order valence-corrected chi connectivity index (χ4v) is 2.00. The van der Waals surface area contributed by atoms with Gasteiger partial charge in [0, 0.05) is 30.3 Å². The minimum Gasteiger partial charge on any atom is -0.348 e. The van der Waals surface area contributed by atoms with E-state index in [9.17, 15) is 14.9 Å². The number of hydrogen-bond acceptors (Lipinski definition) is 4. The highest BCUT2D eigenvalue weighted by Crippen LogP contribution is 2.13. The molecule has 0 aromatic heterocycles. The van der Waals surface area contributed by atoms with Crippen LogP contribution in [0.2, 0.25) is 0 Å². The molecule has 1 atom stereocenters. The van der Waals surface area contributed by atoms with Crippen molar-refractivity contribution in [2.45, 2.75) is 18.9 Å². The van der Waals surface area contributed by atoms with Crippen molar-refractivity contribution in [2.75, 3.05) is 13.1 Å². The standard InChI is InChI=1S/C12H15N3O3/c16-12(14-10-4-2-6-13-8-10)9-3-1-5-11(7-9)15(17)18/h1,3,5,7,10,13H,2,4,6,8H2,(H,14,16)/t10-/m0/s1. The van der Waals surface area contributed by atoms with Gasteiger partial charge in [0.2, 0.25) is 0 Å². The van der Waals surface area contributed by atoms with Crippen molar-refractivity contribution >= 4 is 11.6 Å². The molecule has 6 nitrogen and oxygen atoms in total. The van der Waals surface area contributed by atoms with Crippen LogP contribution in [-0.2, 0) is 0 Å². The molecule has 1 amide bonds. The largest absolute Gasteiger partial charge is 0.348 e. The summed E-state index contributed by atoms with van der Waals surface area (Å²) in [6.45, 7) is 1.73. The van der Waals surface area contributed by atoms with Crippen molar-refractivity contribution in [1.29, 1.82) is 0 Å². The Labute approximate surface area is 105 Å². The molecule has 0 unspecified atom stereocenters. The smallest absolute Gasteiger partial charge is 0.270 e. The first kappa shape index (κ1) is 12.5. The highest BCUT2D eigenvalue weighted by atomic mass is 16.6. The topological polar surface area (TPSA) is 84.3 Å². The van der Waals surface area contributed by atoms with E-state index < -0.39 is 4.92 Å². The molecule has 18 heavy (non-hydrogen) atoms. The first-order valence-corrected chi connectivity index (χ1v) is 5.93. The summed E-state index contributed by atoms with van der Waals surface area (Å²) in [5.41, 5.74) is 0.263. The molecule has 0 radical (unpaired) electrons. The lowest BCUT2D eigenvalue weighted by Crippen LogP contribution is -2.45. The third kappa shape index (κ3) is 3.04. The van der Waals surface area contributed by atoms with Crippen LogP contribution < -0.4 is 10.6 Å². The van der Waals surface area contributed by atoms with Crippen molar-refractivity contribution in [2.24, 2.45) is 0 Å². The van der Waals surface area contributed by atoms with Crippen LogP contribution >= 0.6 is 0 Å². The third-order valence-electron chi connectivity index (χ3n) is 2.95. The molecule has 0 saturated carbocycles. The van der Waals surface area contributed by atoms with Gasteiger partial charge < -0.3 is 10.6 Å². The molecule has 1 aromatic carbocycles. The maximum atomic E-state index is 11.9. The number of carbonyl (C=O) groups excluding carboxylic acids is 1. The lowest BCUT2D eigenvalue weighted by Gasteiger charge is -2.23. The highest BCUT2D eigenvalue weighted by Gasteiger charge is 2.17. The van der Waals surface area contributed by atoms with Gasteiger partial charge in [-0.05, 0) is 25.5 Å². The molecule has 1 aromatic rings. The van der Waals surface area contributed by atoms with Gasteiger partial charge in [0.1, 0.15) is 0 Å². The Hall–Kier alpha value is -1.95. The number of nitrogens with zero attached hydrogens (tertiary/aromatic N) is 1. The van der Waals surface area contributed by atoms with Crippen LogP contribution in [0.25, 0.3) is 0 Å². The van der Waals surface area contributed by atoms with Crippen molar-refractivity contribution in [3.63, 3.8) is 0 Å². The summed E-state index contributed by atoms with van der Waals surface area (Å²) in [7, 11) is 0. The molecule has 96 valence electrons. The molecule has 0 aliphatic carbocycles. The average molecular weight is 249 g/mol. The van der Waals surface area contributed by atoms with Crippen LogP contribution in [0, 0.1) is 10.1 Å². The molecule has 2 rings (SSSR count). The van der Waals surface area contributed by atoms with Gasteiger partial charge in [-0.1, -0.05) is 6.07 Å². The van der Waals surface area contributed by atoms with Gasteiger partial charge in [-0.15, -0.1) is 0 Å². The van der Waals surface area contributed by atoms with E-state index in [1.807, 2.05) is 0 Å². The van der Waals surface area contributed by atoms with E-state index in [2.05, 4.69) is 10.6 Å². The predicted octanol–water partition coefficient (Wildman–Crippen LogP) is 1.08. The minimum absolute atomic E-state index is 0.0654. The Kier molecular flexibility index (Phi) is 3.88. The maximum Gasteiger partial charge on any atom is 0.270 e. The summed E-state index contributed by atoms with van der Waals surface area (Å²) in [4.78, 5) is 22.1. The number of benzene rings is 1. The van der Waals surface area contributed by atoms with Crippen molar-refractivity contribution in [1.82, 2.24) is 10.6 Å². The van der Waals surface area contributed by atoms with Gasteiger partial charge >= 0.3 is 0 Å². The highest BCUT2D eigenvalue weighted by molar-refractivity contribution is 5.95. The van der Waals surface area contributed by atoms with Gasteiger partial charge in [0.25, 0.3) is 11.6 Å². The van der Waals surface area contributed by atoms with E-state index in [0.29, 0.717) is 5.56 Å². The average Bonchev–Trinajstić information content (AvgIpc) is 2.40. The number of carbonyl (C=O) groups is 1. The van der Waals surface area contributed by atoms with Gasteiger partial charge in [0.15, 0.2) is 0 Å². The zero-order valence-corrected chi connectivity index (χ0v) is 9.89. The van der Waals surface area contributed by atoms with Crippen LogP contribution in [0.1, 0.15) is 23.2 Å². The van der Waals surface area contributed by atoms with Crippen LogP contribution in [0.4, 0.5) is 5.69 Å². The number of piperidine rings is 1. The summed E-state index contributed by atoms with van der Waals surface area (Å²) >= 11 is 0. The monoisotopic (exact) mass is 249 g/mol. The summed E-state index contributed by atoms with van der Waals surface area (Å²) in [5, 5.41) is 16.7. The van der Waals surface area contributed by atoms with Crippen molar-refractivity contribution in [3.8, 4) is 0 Å².